The number of nitrogens with zero attached hydrogens (tertiary/aromatic N) is 3. The van der Waals surface area contributed by atoms with Gasteiger partial charge in [-0.1, -0.05) is 26.2 Å². The van der Waals surface area contributed by atoms with Crippen molar-refractivity contribution in [3.8, 4) is 0 Å². The summed E-state index contributed by atoms with van der Waals surface area (Å²) in [6.07, 6.45) is 13.7. The van der Waals surface area contributed by atoms with E-state index in [1.54, 1.807) is 0 Å². The third-order valence-corrected chi connectivity index (χ3v) is 7.27. The largest absolute Gasteiger partial charge is 0.357 e. The number of guanidine groups is 1. The molecule has 0 spiro atoms. The van der Waals surface area contributed by atoms with Crippen molar-refractivity contribution in [1.29, 1.82) is 0 Å². The number of rotatable bonds is 7. The summed E-state index contributed by atoms with van der Waals surface area (Å²) in [7, 11) is 0. The lowest BCUT2D eigenvalue weighted by Crippen LogP contribution is -2.51. The van der Waals surface area contributed by atoms with Gasteiger partial charge in [0.2, 0.25) is 0 Å². The summed E-state index contributed by atoms with van der Waals surface area (Å²) in [5, 5.41) is 7.21. The molecule has 3 fully saturated rings. The smallest absolute Gasteiger partial charge is 0.191 e. The average molecular weight is 520 g/mol. The van der Waals surface area contributed by atoms with Crippen LogP contribution in [0.4, 0.5) is 0 Å². The van der Waals surface area contributed by atoms with Gasteiger partial charge in [0.05, 0.1) is 0 Å². The van der Waals surface area contributed by atoms with Crippen LogP contribution in [0.15, 0.2) is 4.99 Å². The molecule has 2 saturated heterocycles. The zero-order valence-corrected chi connectivity index (χ0v) is 21.3. The van der Waals surface area contributed by atoms with Gasteiger partial charge in [-0.05, 0) is 77.4 Å². The van der Waals surface area contributed by atoms with Crippen molar-refractivity contribution in [1.82, 2.24) is 20.4 Å². The van der Waals surface area contributed by atoms with Crippen molar-refractivity contribution in [3.05, 3.63) is 0 Å². The topological polar surface area (TPSA) is 42.9 Å². The van der Waals surface area contributed by atoms with E-state index < -0.39 is 0 Å². The Hall–Kier alpha value is -0.0800. The Labute approximate surface area is 196 Å². The molecule has 1 saturated carbocycles. The highest BCUT2D eigenvalue weighted by molar-refractivity contribution is 14.0. The quantitative estimate of drug-likeness (QED) is 0.302. The standard InChI is InChI=1S/C23H45N5.HI/c1-3-24-23(25-15-10-20-11-16-27(4-2)17-12-20)26-21-13-18-28(19-14-21)22-8-6-5-7-9-22;/h20-22H,3-19H2,1-2H3,(H2,24,25,26);1H. The monoisotopic (exact) mass is 519 g/mol. The molecular weight excluding hydrogens is 473 g/mol. The minimum Gasteiger partial charge on any atom is -0.357 e. The van der Waals surface area contributed by atoms with Crippen LogP contribution in [0.3, 0.4) is 0 Å². The van der Waals surface area contributed by atoms with Gasteiger partial charge in [-0.2, -0.15) is 0 Å². The van der Waals surface area contributed by atoms with E-state index in [0.717, 1.165) is 31.0 Å². The highest BCUT2D eigenvalue weighted by atomic mass is 127. The van der Waals surface area contributed by atoms with Crippen LogP contribution >= 0.6 is 24.0 Å². The van der Waals surface area contributed by atoms with E-state index >= 15 is 0 Å². The minimum atomic E-state index is 0. The fourth-order valence-electron chi connectivity index (χ4n) is 5.32. The highest BCUT2D eigenvalue weighted by Gasteiger charge is 2.26. The van der Waals surface area contributed by atoms with E-state index in [1.165, 1.54) is 96.9 Å². The Morgan fingerprint density at radius 2 is 1.59 bits per heavy atom. The third-order valence-electron chi connectivity index (χ3n) is 7.27. The van der Waals surface area contributed by atoms with Gasteiger partial charge in [-0.25, -0.2) is 0 Å². The Bertz CT molecular complexity index is 450. The Kier molecular flexibility index (Phi) is 12.2. The first-order valence-electron chi connectivity index (χ1n) is 12.3. The Balaban J connectivity index is 0.00000300. The van der Waals surface area contributed by atoms with Crippen molar-refractivity contribution in [2.75, 3.05) is 45.8 Å². The van der Waals surface area contributed by atoms with Crippen LogP contribution in [0, 0.1) is 5.92 Å². The molecular formula is C23H46IN5. The molecule has 0 aromatic heterocycles. The summed E-state index contributed by atoms with van der Waals surface area (Å²) in [6, 6.07) is 1.46. The van der Waals surface area contributed by atoms with E-state index in [9.17, 15) is 0 Å². The second-order valence-electron chi connectivity index (χ2n) is 9.17. The van der Waals surface area contributed by atoms with E-state index in [2.05, 4.69) is 34.3 Å². The van der Waals surface area contributed by atoms with Gasteiger partial charge >= 0.3 is 0 Å². The van der Waals surface area contributed by atoms with Crippen LogP contribution in [-0.2, 0) is 0 Å². The van der Waals surface area contributed by atoms with E-state index in [1.807, 2.05) is 0 Å². The summed E-state index contributed by atoms with van der Waals surface area (Å²) < 4.78 is 0. The van der Waals surface area contributed by atoms with Crippen LogP contribution in [0.5, 0.6) is 0 Å². The first kappa shape index (κ1) is 25.2. The predicted molar refractivity (Wildman–Crippen MR) is 135 cm³/mol. The van der Waals surface area contributed by atoms with E-state index in [4.69, 9.17) is 4.99 Å². The van der Waals surface area contributed by atoms with Gasteiger partial charge in [0.1, 0.15) is 0 Å². The van der Waals surface area contributed by atoms with Gasteiger partial charge in [0.15, 0.2) is 5.96 Å². The molecule has 0 bridgehead atoms. The first-order chi connectivity index (χ1) is 13.8. The number of piperidine rings is 2. The summed E-state index contributed by atoms with van der Waals surface area (Å²) in [5.41, 5.74) is 0. The third kappa shape index (κ3) is 8.52. The van der Waals surface area contributed by atoms with Crippen LogP contribution in [0.2, 0.25) is 0 Å². The molecule has 29 heavy (non-hydrogen) atoms. The molecule has 5 nitrogen and oxygen atoms in total. The molecule has 0 atom stereocenters. The highest BCUT2D eigenvalue weighted by Crippen LogP contribution is 2.25. The van der Waals surface area contributed by atoms with Crippen LogP contribution in [0.25, 0.3) is 0 Å². The van der Waals surface area contributed by atoms with Crippen LogP contribution < -0.4 is 10.6 Å². The number of hydrogen-bond acceptors (Lipinski definition) is 3. The maximum absolute atomic E-state index is 4.92. The SMILES string of the molecule is CCNC(=NCCC1CCN(CC)CC1)NC1CCN(C2CCCCC2)CC1.I. The summed E-state index contributed by atoms with van der Waals surface area (Å²) >= 11 is 0. The van der Waals surface area contributed by atoms with Crippen molar-refractivity contribution < 1.29 is 0 Å². The van der Waals surface area contributed by atoms with Crippen LogP contribution in [0.1, 0.15) is 78.1 Å². The van der Waals surface area contributed by atoms with Crippen molar-refractivity contribution in [3.63, 3.8) is 0 Å². The molecule has 2 heterocycles. The summed E-state index contributed by atoms with van der Waals surface area (Å²) in [4.78, 5) is 10.3. The molecule has 170 valence electrons. The molecule has 3 aliphatic rings. The fourth-order valence-corrected chi connectivity index (χ4v) is 5.32. The van der Waals surface area contributed by atoms with Gasteiger partial charge in [0.25, 0.3) is 0 Å². The maximum Gasteiger partial charge on any atom is 0.191 e. The van der Waals surface area contributed by atoms with Crippen molar-refractivity contribution in [2.45, 2.75) is 90.1 Å². The number of hydrogen-bond donors (Lipinski definition) is 2. The summed E-state index contributed by atoms with van der Waals surface area (Å²) in [6.45, 7) is 12.6. The van der Waals surface area contributed by atoms with Gasteiger partial charge in [-0.15, -0.1) is 24.0 Å². The molecule has 0 aromatic carbocycles. The zero-order valence-electron chi connectivity index (χ0n) is 19.0. The summed E-state index contributed by atoms with van der Waals surface area (Å²) in [5.74, 6) is 1.91. The molecule has 6 heteroatoms. The number of likely N-dealkylation sites (tertiary alicyclic amines) is 2. The normalized spacial score (nSPS) is 24.3. The predicted octanol–water partition coefficient (Wildman–Crippen LogP) is 4.08. The Morgan fingerprint density at radius 3 is 2.21 bits per heavy atom. The molecule has 0 amide bonds. The zero-order chi connectivity index (χ0) is 19.6. The maximum atomic E-state index is 4.92. The van der Waals surface area contributed by atoms with E-state index in [0.29, 0.717) is 6.04 Å². The molecule has 3 rings (SSSR count). The van der Waals surface area contributed by atoms with Crippen molar-refractivity contribution >= 4 is 29.9 Å². The fraction of sp³-hybridized carbons (Fsp3) is 0.957. The average Bonchev–Trinajstić information content (AvgIpc) is 2.75. The van der Waals surface area contributed by atoms with Crippen LogP contribution in [-0.4, -0.2) is 73.7 Å². The second-order valence-corrected chi connectivity index (χ2v) is 9.17. The number of nitrogens with one attached hydrogen (secondary N) is 2. The first-order valence-corrected chi connectivity index (χ1v) is 12.3. The number of halogens is 1. The van der Waals surface area contributed by atoms with Gasteiger partial charge in [0, 0.05) is 38.3 Å². The second kappa shape index (κ2) is 14.1. The molecule has 1 aliphatic carbocycles. The lowest BCUT2D eigenvalue weighted by Gasteiger charge is -2.39. The lowest BCUT2D eigenvalue weighted by molar-refractivity contribution is 0.119. The molecule has 0 unspecified atom stereocenters. The minimum absolute atomic E-state index is 0. The molecule has 2 N–H and O–H groups in total. The lowest BCUT2D eigenvalue weighted by atomic mass is 9.92. The molecule has 0 radical (unpaired) electrons. The van der Waals surface area contributed by atoms with E-state index in [-0.39, 0.29) is 24.0 Å². The number of aliphatic imine (C=N–C) groups is 1. The van der Waals surface area contributed by atoms with Gasteiger partial charge in [-0.3, -0.25) is 4.99 Å². The molecule has 2 aliphatic heterocycles. The van der Waals surface area contributed by atoms with Gasteiger partial charge < -0.3 is 20.4 Å². The van der Waals surface area contributed by atoms with Crippen molar-refractivity contribution in [2.24, 2.45) is 10.9 Å². The Morgan fingerprint density at radius 1 is 0.897 bits per heavy atom. The molecule has 0 aromatic rings.